The van der Waals surface area contributed by atoms with Crippen molar-refractivity contribution in [2.45, 2.75) is 25.2 Å². The first-order valence-electron chi connectivity index (χ1n) is 7.64. The average molecular weight is 369 g/mol. The molecular weight excluding hydrogens is 355 g/mol. The lowest BCUT2D eigenvalue weighted by atomic mass is 10.1. The van der Waals surface area contributed by atoms with Gasteiger partial charge in [-0.1, -0.05) is 18.2 Å². The standard InChI is InChI=1S/C16H14F3N3O4/c17-16(18,19)26-12-4-2-1-3-9(12)10-7-11(10)15(25)20-13-5-6-22(21-13)8-14(23)24/h1-6,10-11H,7-8H2,(H,23,24)(H,20,21,25). The predicted octanol–water partition coefficient (Wildman–Crippen LogP) is 2.61. The number of para-hydroxylation sites is 1. The summed E-state index contributed by atoms with van der Waals surface area (Å²) in [6.07, 6.45) is -3.01. The summed E-state index contributed by atoms with van der Waals surface area (Å²) in [5.41, 5.74) is 0.321. The molecule has 138 valence electrons. The first-order valence-corrected chi connectivity index (χ1v) is 7.64. The Labute approximate surface area is 145 Å². The third kappa shape index (κ3) is 4.32. The molecule has 7 nitrogen and oxygen atoms in total. The highest BCUT2D eigenvalue weighted by Gasteiger charge is 2.46. The van der Waals surface area contributed by atoms with E-state index in [4.69, 9.17) is 5.11 Å². The molecule has 0 radical (unpaired) electrons. The molecule has 3 rings (SSSR count). The van der Waals surface area contributed by atoms with E-state index < -0.39 is 24.2 Å². The summed E-state index contributed by atoms with van der Waals surface area (Å²) >= 11 is 0. The van der Waals surface area contributed by atoms with Gasteiger partial charge < -0.3 is 15.2 Å². The molecule has 1 saturated carbocycles. The third-order valence-corrected chi connectivity index (χ3v) is 3.86. The zero-order chi connectivity index (χ0) is 18.9. The summed E-state index contributed by atoms with van der Waals surface area (Å²) in [7, 11) is 0. The topological polar surface area (TPSA) is 93.5 Å². The number of carboxylic acid groups (broad SMARTS) is 1. The van der Waals surface area contributed by atoms with Crippen LogP contribution in [0.15, 0.2) is 36.5 Å². The van der Waals surface area contributed by atoms with Crippen LogP contribution in [0.2, 0.25) is 0 Å². The number of nitrogens with one attached hydrogen (secondary N) is 1. The van der Waals surface area contributed by atoms with E-state index in [0.29, 0.717) is 12.0 Å². The Morgan fingerprint density at radius 1 is 1.31 bits per heavy atom. The van der Waals surface area contributed by atoms with Gasteiger partial charge in [-0.3, -0.25) is 14.3 Å². The largest absolute Gasteiger partial charge is 0.573 e. The number of anilines is 1. The van der Waals surface area contributed by atoms with Crippen LogP contribution < -0.4 is 10.1 Å². The van der Waals surface area contributed by atoms with E-state index in [2.05, 4.69) is 15.2 Å². The predicted molar refractivity (Wildman–Crippen MR) is 82.5 cm³/mol. The molecule has 10 heteroatoms. The molecule has 1 amide bonds. The third-order valence-electron chi connectivity index (χ3n) is 3.86. The number of halogens is 3. The van der Waals surface area contributed by atoms with Crippen LogP contribution in [-0.4, -0.2) is 33.1 Å². The minimum atomic E-state index is -4.81. The van der Waals surface area contributed by atoms with Gasteiger partial charge in [-0.05, 0) is 24.0 Å². The molecule has 1 aromatic carbocycles. The fourth-order valence-electron chi connectivity index (χ4n) is 2.71. The number of amides is 1. The summed E-state index contributed by atoms with van der Waals surface area (Å²) in [5.74, 6) is -2.48. The van der Waals surface area contributed by atoms with Crippen molar-refractivity contribution in [3.05, 3.63) is 42.1 Å². The number of carboxylic acids is 1. The SMILES string of the molecule is O=C(O)Cn1ccc(NC(=O)C2CC2c2ccccc2OC(F)(F)F)n1. The first kappa shape index (κ1) is 17.8. The maximum absolute atomic E-state index is 12.5. The van der Waals surface area contributed by atoms with Crippen LogP contribution in [0.4, 0.5) is 19.0 Å². The van der Waals surface area contributed by atoms with Crippen molar-refractivity contribution in [1.29, 1.82) is 0 Å². The van der Waals surface area contributed by atoms with Crippen molar-refractivity contribution in [2.75, 3.05) is 5.32 Å². The Kier molecular flexibility index (Phi) is 4.58. The van der Waals surface area contributed by atoms with Crippen molar-refractivity contribution in [3.63, 3.8) is 0 Å². The molecule has 0 spiro atoms. The second kappa shape index (κ2) is 6.70. The van der Waals surface area contributed by atoms with Gasteiger partial charge in [-0.25, -0.2) is 0 Å². The van der Waals surface area contributed by atoms with E-state index >= 15 is 0 Å². The maximum Gasteiger partial charge on any atom is 0.573 e. The molecule has 0 saturated heterocycles. The molecule has 1 aliphatic carbocycles. The van der Waals surface area contributed by atoms with Gasteiger partial charge in [0.2, 0.25) is 5.91 Å². The minimum absolute atomic E-state index is 0.182. The van der Waals surface area contributed by atoms with E-state index in [1.54, 1.807) is 6.07 Å². The number of alkyl halides is 3. The first-order chi connectivity index (χ1) is 12.2. The molecule has 2 atom stereocenters. The number of aromatic nitrogens is 2. The molecule has 0 aliphatic heterocycles. The summed E-state index contributed by atoms with van der Waals surface area (Å²) in [6.45, 7) is -0.343. The lowest BCUT2D eigenvalue weighted by Gasteiger charge is -2.13. The number of hydrogen-bond acceptors (Lipinski definition) is 4. The van der Waals surface area contributed by atoms with Gasteiger partial charge in [0.15, 0.2) is 5.82 Å². The van der Waals surface area contributed by atoms with Crippen molar-refractivity contribution >= 4 is 17.7 Å². The Morgan fingerprint density at radius 2 is 2.04 bits per heavy atom. The molecule has 0 bridgehead atoms. The van der Waals surface area contributed by atoms with Crippen molar-refractivity contribution in [2.24, 2.45) is 5.92 Å². The maximum atomic E-state index is 12.5. The highest BCUT2D eigenvalue weighted by atomic mass is 19.4. The number of hydrogen-bond donors (Lipinski definition) is 2. The number of benzene rings is 1. The van der Waals surface area contributed by atoms with Crippen molar-refractivity contribution in [1.82, 2.24) is 9.78 Å². The lowest BCUT2D eigenvalue weighted by molar-refractivity contribution is -0.274. The summed E-state index contributed by atoms with van der Waals surface area (Å²) in [6, 6.07) is 7.17. The van der Waals surface area contributed by atoms with Crippen LogP contribution in [-0.2, 0) is 16.1 Å². The highest BCUT2D eigenvalue weighted by molar-refractivity contribution is 5.94. The fraction of sp³-hybridized carbons (Fsp3) is 0.312. The van der Waals surface area contributed by atoms with Crippen LogP contribution in [0, 0.1) is 5.92 Å². The summed E-state index contributed by atoms with van der Waals surface area (Å²) < 4.78 is 42.6. The monoisotopic (exact) mass is 369 g/mol. The zero-order valence-corrected chi connectivity index (χ0v) is 13.2. The van der Waals surface area contributed by atoms with Crippen LogP contribution in [0.1, 0.15) is 17.9 Å². The molecule has 1 fully saturated rings. The average Bonchev–Trinajstić information content (AvgIpc) is 3.21. The van der Waals surface area contributed by atoms with Crippen LogP contribution >= 0.6 is 0 Å². The summed E-state index contributed by atoms with van der Waals surface area (Å²) in [4.78, 5) is 22.9. The minimum Gasteiger partial charge on any atom is -0.480 e. The highest BCUT2D eigenvalue weighted by Crippen LogP contribution is 2.51. The van der Waals surface area contributed by atoms with E-state index in [9.17, 15) is 22.8 Å². The normalized spacial score (nSPS) is 19.0. The fourth-order valence-corrected chi connectivity index (χ4v) is 2.71. The smallest absolute Gasteiger partial charge is 0.480 e. The van der Waals surface area contributed by atoms with Gasteiger partial charge in [0, 0.05) is 18.2 Å². The van der Waals surface area contributed by atoms with E-state index in [1.807, 2.05) is 0 Å². The number of rotatable bonds is 6. The Bertz CT molecular complexity index is 834. The van der Waals surface area contributed by atoms with E-state index in [1.165, 1.54) is 30.5 Å². The van der Waals surface area contributed by atoms with Gasteiger partial charge in [0.1, 0.15) is 12.3 Å². The van der Waals surface area contributed by atoms with Gasteiger partial charge in [-0.15, -0.1) is 13.2 Å². The van der Waals surface area contributed by atoms with Gasteiger partial charge in [0.25, 0.3) is 0 Å². The van der Waals surface area contributed by atoms with E-state index in [-0.39, 0.29) is 24.0 Å². The molecule has 2 N–H and O–H groups in total. The van der Waals surface area contributed by atoms with Crippen LogP contribution in [0.3, 0.4) is 0 Å². The molecule has 1 aliphatic rings. The zero-order valence-electron chi connectivity index (χ0n) is 13.2. The molecular formula is C16H14F3N3O4. The molecule has 2 aromatic rings. The van der Waals surface area contributed by atoms with Crippen molar-refractivity contribution < 1.29 is 32.6 Å². The molecule has 2 unspecified atom stereocenters. The number of nitrogens with zero attached hydrogens (tertiary/aromatic N) is 2. The Morgan fingerprint density at radius 3 is 2.73 bits per heavy atom. The van der Waals surface area contributed by atoms with Gasteiger partial charge in [0.05, 0.1) is 0 Å². The van der Waals surface area contributed by atoms with Crippen LogP contribution in [0.25, 0.3) is 0 Å². The molecule has 1 heterocycles. The van der Waals surface area contributed by atoms with Crippen molar-refractivity contribution in [3.8, 4) is 5.75 Å². The number of ether oxygens (including phenoxy) is 1. The molecule has 1 aromatic heterocycles. The quantitative estimate of drug-likeness (QED) is 0.816. The second-order valence-electron chi connectivity index (χ2n) is 5.82. The number of carbonyl (C=O) groups is 2. The van der Waals surface area contributed by atoms with Gasteiger partial charge >= 0.3 is 12.3 Å². The molecule has 26 heavy (non-hydrogen) atoms. The Hall–Kier alpha value is -3.04. The second-order valence-corrected chi connectivity index (χ2v) is 5.82. The van der Waals surface area contributed by atoms with Gasteiger partial charge in [-0.2, -0.15) is 5.10 Å². The summed E-state index contributed by atoms with van der Waals surface area (Å²) in [5, 5.41) is 15.1. The number of aliphatic carboxylic acids is 1. The van der Waals surface area contributed by atoms with E-state index in [0.717, 1.165) is 4.68 Å². The van der Waals surface area contributed by atoms with Crippen LogP contribution in [0.5, 0.6) is 5.75 Å². The lowest BCUT2D eigenvalue weighted by Crippen LogP contribution is -2.18. The Balaban J connectivity index is 1.64. The number of carbonyl (C=O) groups excluding carboxylic acids is 1.